The number of aliphatic hydroxyl groups is 1. The Hall–Kier alpha value is -3.39. The molecule has 2 aromatic heterocycles. The van der Waals surface area contributed by atoms with Gasteiger partial charge < -0.3 is 14.7 Å². The molecule has 166 valence electrons. The van der Waals surface area contributed by atoms with Crippen LogP contribution in [-0.2, 0) is 6.61 Å². The maximum Gasteiger partial charge on any atom is 0.254 e. The lowest BCUT2D eigenvalue weighted by molar-refractivity contribution is 0.0503. The molecule has 1 N–H and O–H groups in total. The number of hydrogen-bond acceptors (Lipinski definition) is 6. The zero-order chi connectivity index (χ0) is 22.5. The third-order valence-electron chi connectivity index (χ3n) is 5.71. The van der Waals surface area contributed by atoms with Gasteiger partial charge in [0.15, 0.2) is 5.82 Å². The highest BCUT2D eigenvalue weighted by atomic mass is 19.1. The summed E-state index contributed by atoms with van der Waals surface area (Å²) in [5, 5.41) is 9.60. The fraction of sp³-hybridized carbons (Fsp3) is 0.333. The van der Waals surface area contributed by atoms with Crippen LogP contribution in [0.4, 0.5) is 4.39 Å². The molecule has 1 saturated heterocycles. The molecule has 3 aromatic rings. The number of carbonyl (C=O) groups excluding carboxylic acids is 1. The van der Waals surface area contributed by atoms with Crippen LogP contribution in [0.25, 0.3) is 11.4 Å². The van der Waals surface area contributed by atoms with Gasteiger partial charge in [-0.1, -0.05) is 12.1 Å². The van der Waals surface area contributed by atoms with Crippen molar-refractivity contribution >= 4 is 5.91 Å². The number of aliphatic hydroxyl groups excluding tert-OH is 1. The highest BCUT2D eigenvalue weighted by Crippen LogP contribution is 2.28. The quantitative estimate of drug-likeness (QED) is 0.636. The Bertz CT molecular complexity index is 1060. The van der Waals surface area contributed by atoms with E-state index in [1.807, 2.05) is 11.8 Å². The Labute approximate surface area is 185 Å². The van der Waals surface area contributed by atoms with E-state index in [0.29, 0.717) is 41.5 Å². The first-order valence-corrected chi connectivity index (χ1v) is 10.6. The number of ether oxygens (including phenoxy) is 1. The van der Waals surface area contributed by atoms with Crippen molar-refractivity contribution in [2.24, 2.45) is 5.92 Å². The number of pyridine rings is 1. The molecule has 3 heterocycles. The molecule has 0 bridgehead atoms. The predicted octanol–water partition coefficient (Wildman–Crippen LogP) is 3.49. The minimum absolute atomic E-state index is 0.0602. The van der Waals surface area contributed by atoms with Crippen molar-refractivity contribution in [1.82, 2.24) is 19.9 Å². The summed E-state index contributed by atoms with van der Waals surface area (Å²) in [4.78, 5) is 28.0. The van der Waals surface area contributed by atoms with Crippen molar-refractivity contribution < 1.29 is 19.0 Å². The molecule has 1 fully saturated rings. The van der Waals surface area contributed by atoms with Crippen LogP contribution in [0, 0.1) is 11.7 Å². The van der Waals surface area contributed by atoms with Gasteiger partial charge in [0.2, 0.25) is 5.88 Å². The standard InChI is InChI=1S/C24H25FN4O3/c1-16-3-4-18(15-32-22-8-6-19(25)12-28-22)13-29(16)24(31)21-11-17(14-30)5-7-20(21)23-26-9-2-10-27-23/h2,5-12,16,18,30H,3-4,13-15H2,1H3. The van der Waals surface area contributed by atoms with E-state index in [1.165, 1.54) is 12.1 Å². The largest absolute Gasteiger partial charge is 0.477 e. The lowest BCUT2D eigenvalue weighted by Crippen LogP contribution is -2.47. The van der Waals surface area contributed by atoms with Gasteiger partial charge in [-0.2, -0.15) is 0 Å². The monoisotopic (exact) mass is 436 g/mol. The topological polar surface area (TPSA) is 88.4 Å². The average molecular weight is 436 g/mol. The number of amides is 1. The second kappa shape index (κ2) is 9.82. The van der Waals surface area contributed by atoms with Crippen molar-refractivity contribution in [3.8, 4) is 17.3 Å². The Balaban J connectivity index is 1.54. The normalized spacial score (nSPS) is 18.4. The van der Waals surface area contributed by atoms with Gasteiger partial charge in [-0.05, 0) is 43.5 Å². The fourth-order valence-electron chi connectivity index (χ4n) is 3.91. The van der Waals surface area contributed by atoms with Gasteiger partial charge in [0, 0.05) is 42.5 Å². The molecule has 1 aromatic carbocycles. The van der Waals surface area contributed by atoms with Crippen LogP contribution < -0.4 is 4.74 Å². The first kappa shape index (κ1) is 21.8. The van der Waals surface area contributed by atoms with E-state index < -0.39 is 5.82 Å². The summed E-state index contributed by atoms with van der Waals surface area (Å²) in [7, 11) is 0. The van der Waals surface area contributed by atoms with E-state index in [9.17, 15) is 14.3 Å². The molecule has 2 atom stereocenters. The number of benzene rings is 1. The van der Waals surface area contributed by atoms with Gasteiger partial charge in [0.1, 0.15) is 5.82 Å². The number of carbonyl (C=O) groups is 1. The van der Waals surface area contributed by atoms with Gasteiger partial charge in [-0.25, -0.2) is 19.3 Å². The van der Waals surface area contributed by atoms with Crippen LogP contribution in [0.3, 0.4) is 0 Å². The van der Waals surface area contributed by atoms with Crippen LogP contribution >= 0.6 is 0 Å². The molecule has 7 nitrogen and oxygen atoms in total. The number of hydrogen-bond donors (Lipinski definition) is 1. The van der Waals surface area contributed by atoms with Crippen LogP contribution in [-0.4, -0.2) is 50.1 Å². The maximum atomic E-state index is 13.6. The summed E-state index contributed by atoms with van der Waals surface area (Å²) >= 11 is 0. The molecular weight excluding hydrogens is 411 g/mol. The number of rotatable bonds is 6. The van der Waals surface area contributed by atoms with Gasteiger partial charge in [0.25, 0.3) is 5.91 Å². The number of likely N-dealkylation sites (tertiary alicyclic amines) is 1. The summed E-state index contributed by atoms with van der Waals surface area (Å²) in [6, 6.07) is 9.85. The molecule has 0 saturated carbocycles. The van der Waals surface area contributed by atoms with E-state index in [2.05, 4.69) is 15.0 Å². The Morgan fingerprint density at radius 2 is 2.00 bits per heavy atom. The Morgan fingerprint density at radius 3 is 2.72 bits per heavy atom. The van der Waals surface area contributed by atoms with Crippen LogP contribution in [0.5, 0.6) is 5.88 Å². The lowest BCUT2D eigenvalue weighted by atomic mass is 9.92. The Kier molecular flexibility index (Phi) is 6.70. The minimum atomic E-state index is -0.413. The predicted molar refractivity (Wildman–Crippen MR) is 116 cm³/mol. The van der Waals surface area contributed by atoms with Crippen LogP contribution in [0.2, 0.25) is 0 Å². The highest BCUT2D eigenvalue weighted by molar-refractivity contribution is 6.00. The van der Waals surface area contributed by atoms with Gasteiger partial charge in [0.05, 0.1) is 25.0 Å². The number of nitrogens with zero attached hydrogens (tertiary/aromatic N) is 4. The van der Waals surface area contributed by atoms with E-state index in [4.69, 9.17) is 4.74 Å². The zero-order valence-corrected chi connectivity index (χ0v) is 17.8. The second-order valence-electron chi connectivity index (χ2n) is 7.99. The van der Waals surface area contributed by atoms with Crippen molar-refractivity contribution in [3.05, 3.63) is 71.9 Å². The van der Waals surface area contributed by atoms with Crippen LogP contribution in [0.15, 0.2) is 55.0 Å². The third-order valence-corrected chi connectivity index (χ3v) is 5.71. The average Bonchev–Trinajstić information content (AvgIpc) is 2.84. The van der Waals surface area contributed by atoms with Gasteiger partial charge in [-0.15, -0.1) is 0 Å². The molecule has 8 heteroatoms. The lowest BCUT2D eigenvalue weighted by Gasteiger charge is -2.38. The molecule has 2 unspecified atom stereocenters. The molecule has 4 rings (SSSR count). The SMILES string of the molecule is CC1CCC(COc2ccc(F)cn2)CN1C(=O)c1cc(CO)ccc1-c1ncccn1. The molecule has 1 aliphatic heterocycles. The smallest absolute Gasteiger partial charge is 0.254 e. The van der Waals surface area contributed by atoms with Gasteiger partial charge >= 0.3 is 0 Å². The van der Waals surface area contributed by atoms with E-state index in [0.717, 1.165) is 19.0 Å². The van der Waals surface area contributed by atoms with Crippen LogP contribution in [0.1, 0.15) is 35.7 Å². The van der Waals surface area contributed by atoms with E-state index in [1.54, 1.807) is 36.7 Å². The van der Waals surface area contributed by atoms with Crippen molar-refractivity contribution in [2.45, 2.75) is 32.4 Å². The highest BCUT2D eigenvalue weighted by Gasteiger charge is 2.31. The summed E-state index contributed by atoms with van der Waals surface area (Å²) in [6.45, 7) is 2.79. The van der Waals surface area contributed by atoms with Crippen molar-refractivity contribution in [1.29, 1.82) is 0 Å². The summed E-state index contributed by atoms with van der Waals surface area (Å²) in [6.07, 6.45) is 6.15. The fourth-order valence-corrected chi connectivity index (χ4v) is 3.91. The number of halogens is 1. The Morgan fingerprint density at radius 1 is 1.19 bits per heavy atom. The molecule has 32 heavy (non-hydrogen) atoms. The summed E-state index contributed by atoms with van der Waals surface area (Å²) in [5.41, 5.74) is 1.75. The molecule has 1 aliphatic rings. The summed E-state index contributed by atoms with van der Waals surface area (Å²) in [5.74, 6) is 0.414. The molecule has 1 amide bonds. The zero-order valence-electron chi connectivity index (χ0n) is 17.8. The van der Waals surface area contributed by atoms with E-state index >= 15 is 0 Å². The number of aromatic nitrogens is 3. The maximum absolute atomic E-state index is 13.6. The minimum Gasteiger partial charge on any atom is -0.477 e. The first-order chi connectivity index (χ1) is 15.5. The van der Waals surface area contributed by atoms with Gasteiger partial charge in [-0.3, -0.25) is 4.79 Å². The first-order valence-electron chi connectivity index (χ1n) is 10.6. The second-order valence-corrected chi connectivity index (χ2v) is 7.99. The molecule has 0 aliphatic carbocycles. The molecule has 0 radical (unpaired) electrons. The molecular formula is C24H25FN4O3. The summed E-state index contributed by atoms with van der Waals surface area (Å²) < 4.78 is 18.8. The van der Waals surface area contributed by atoms with Crippen molar-refractivity contribution in [2.75, 3.05) is 13.2 Å². The van der Waals surface area contributed by atoms with Crippen molar-refractivity contribution in [3.63, 3.8) is 0 Å². The molecule has 0 spiro atoms. The number of piperidine rings is 1. The van der Waals surface area contributed by atoms with E-state index in [-0.39, 0.29) is 24.5 Å². The third kappa shape index (κ3) is 4.91.